The predicted octanol–water partition coefficient (Wildman–Crippen LogP) is 5.54. The summed E-state index contributed by atoms with van der Waals surface area (Å²) in [6.07, 6.45) is 5.33. The van der Waals surface area contributed by atoms with Crippen molar-refractivity contribution in [2.45, 2.75) is 58.6 Å². The van der Waals surface area contributed by atoms with E-state index in [-0.39, 0.29) is 18.1 Å². The van der Waals surface area contributed by atoms with Crippen LogP contribution in [-0.2, 0) is 22.4 Å². The van der Waals surface area contributed by atoms with E-state index in [4.69, 9.17) is 9.47 Å². The molecule has 4 rings (SSSR count). The van der Waals surface area contributed by atoms with Crippen molar-refractivity contribution in [3.05, 3.63) is 59.3 Å². The topological polar surface area (TPSA) is 84.2 Å². The average molecular weight is 490 g/mol. The third kappa shape index (κ3) is 5.90. The van der Waals surface area contributed by atoms with E-state index in [1.807, 2.05) is 38.2 Å². The Kier molecular flexibility index (Phi) is 8.17. The molecule has 1 aliphatic heterocycles. The van der Waals surface area contributed by atoms with Gasteiger partial charge in [-0.2, -0.15) is 5.26 Å². The maximum atomic E-state index is 12.2. The van der Waals surface area contributed by atoms with Gasteiger partial charge in [0.1, 0.15) is 22.9 Å². The Morgan fingerprint density at radius 2 is 2.17 bits per heavy atom. The number of carbonyl (C=O) groups excluding carboxylic acids is 1. The second kappa shape index (κ2) is 11.5. The molecule has 3 aromatic rings. The fourth-order valence-electron chi connectivity index (χ4n) is 4.40. The first-order chi connectivity index (χ1) is 17.0. The predicted molar refractivity (Wildman–Crippen MR) is 139 cm³/mol. The fourth-order valence-corrected chi connectivity index (χ4v) is 5.37. The first-order valence-corrected chi connectivity index (χ1v) is 13.0. The molecule has 35 heavy (non-hydrogen) atoms. The maximum absolute atomic E-state index is 12.2. The van der Waals surface area contributed by atoms with E-state index < -0.39 is 0 Å². The second-order valence-corrected chi connectivity index (χ2v) is 9.91. The van der Waals surface area contributed by atoms with Gasteiger partial charge < -0.3 is 14.8 Å². The first-order valence-electron chi connectivity index (χ1n) is 12.2. The Morgan fingerprint density at radius 3 is 2.89 bits per heavy atom. The third-order valence-corrected chi connectivity index (χ3v) is 7.15. The van der Waals surface area contributed by atoms with Crippen molar-refractivity contribution in [1.82, 2.24) is 10.3 Å². The van der Waals surface area contributed by atoms with Crippen LogP contribution in [0.2, 0.25) is 0 Å². The summed E-state index contributed by atoms with van der Waals surface area (Å²) in [5.41, 5.74) is 4.99. The summed E-state index contributed by atoms with van der Waals surface area (Å²) in [6.45, 7) is 7.29. The molecule has 1 aliphatic rings. The second-order valence-electron chi connectivity index (χ2n) is 8.88. The number of carbonyl (C=O) groups is 1. The van der Waals surface area contributed by atoms with E-state index >= 15 is 0 Å². The van der Waals surface area contributed by atoms with Gasteiger partial charge in [0.25, 0.3) is 0 Å². The van der Waals surface area contributed by atoms with Gasteiger partial charge in [-0.3, -0.25) is 4.79 Å². The van der Waals surface area contributed by atoms with Gasteiger partial charge >= 0.3 is 5.97 Å². The number of nitrogens with zero attached hydrogens (tertiary/aromatic N) is 2. The van der Waals surface area contributed by atoms with Crippen molar-refractivity contribution in [2.24, 2.45) is 0 Å². The molecule has 1 aromatic heterocycles. The highest BCUT2D eigenvalue weighted by Crippen LogP contribution is 2.36. The van der Waals surface area contributed by atoms with E-state index in [2.05, 4.69) is 41.5 Å². The molecule has 1 N–H and O–H groups in total. The summed E-state index contributed by atoms with van der Waals surface area (Å²) < 4.78 is 11.3. The normalized spacial score (nSPS) is 15.2. The molecule has 7 heteroatoms. The highest BCUT2D eigenvalue weighted by atomic mass is 32.1. The maximum Gasteiger partial charge on any atom is 0.323 e. The minimum Gasteiger partial charge on any atom is -0.490 e. The number of nitriles is 1. The number of aromatic nitrogens is 1. The Labute approximate surface area is 210 Å². The Bertz CT molecular complexity index is 1220. The van der Waals surface area contributed by atoms with E-state index in [1.165, 1.54) is 11.1 Å². The summed E-state index contributed by atoms with van der Waals surface area (Å²) in [6, 6.07) is 14.0. The average Bonchev–Trinajstić information content (AvgIpc) is 3.56. The number of ether oxygens (including phenoxy) is 2. The van der Waals surface area contributed by atoms with Crippen LogP contribution in [0.4, 0.5) is 0 Å². The lowest BCUT2D eigenvalue weighted by Crippen LogP contribution is -2.32. The van der Waals surface area contributed by atoms with Gasteiger partial charge in [0.2, 0.25) is 0 Å². The van der Waals surface area contributed by atoms with Gasteiger partial charge in [0.15, 0.2) is 0 Å². The van der Waals surface area contributed by atoms with Crippen molar-refractivity contribution in [3.8, 4) is 32.8 Å². The lowest BCUT2D eigenvalue weighted by atomic mass is 9.96. The summed E-state index contributed by atoms with van der Waals surface area (Å²) in [5, 5.41) is 13.6. The molecule has 0 bridgehead atoms. The van der Waals surface area contributed by atoms with Gasteiger partial charge in [-0.1, -0.05) is 25.1 Å². The Balaban J connectivity index is 1.51. The largest absolute Gasteiger partial charge is 0.490 e. The molecule has 6 nitrogen and oxygen atoms in total. The Hall–Kier alpha value is -3.21. The van der Waals surface area contributed by atoms with Crippen LogP contribution >= 0.6 is 11.3 Å². The molecule has 0 amide bonds. The van der Waals surface area contributed by atoms with Crippen LogP contribution in [0.15, 0.2) is 42.6 Å². The first kappa shape index (κ1) is 24.9. The molecule has 2 heterocycles. The van der Waals surface area contributed by atoms with Crippen molar-refractivity contribution in [3.63, 3.8) is 0 Å². The van der Waals surface area contributed by atoms with Crippen molar-refractivity contribution in [1.29, 1.82) is 5.26 Å². The molecule has 1 saturated heterocycles. The molecular weight excluding hydrogens is 458 g/mol. The number of rotatable bonds is 9. The van der Waals surface area contributed by atoms with E-state index in [1.54, 1.807) is 11.3 Å². The quantitative estimate of drug-likeness (QED) is 0.398. The van der Waals surface area contributed by atoms with E-state index in [0.717, 1.165) is 46.8 Å². The monoisotopic (exact) mass is 489 g/mol. The smallest absolute Gasteiger partial charge is 0.323 e. The van der Waals surface area contributed by atoms with Gasteiger partial charge in [0.05, 0.1) is 23.2 Å². The van der Waals surface area contributed by atoms with Crippen LogP contribution < -0.4 is 10.1 Å². The van der Waals surface area contributed by atoms with Gasteiger partial charge in [-0.25, -0.2) is 4.98 Å². The molecule has 0 aliphatic carbocycles. The molecule has 0 radical (unpaired) electrons. The molecule has 0 spiro atoms. The van der Waals surface area contributed by atoms with Gasteiger partial charge in [-0.15, -0.1) is 11.3 Å². The van der Waals surface area contributed by atoms with E-state index in [0.29, 0.717) is 24.3 Å². The number of esters is 1. The lowest BCUT2D eigenvalue weighted by Gasteiger charge is -2.14. The fraction of sp³-hybridized carbons (Fsp3) is 0.393. The SMILES string of the molecule is CCc1c(CCOC(=O)[C@H]2CCCN2)cccc1-c1cnc(-c2ccc(OC(C)C)c(C#N)c2)s1. The summed E-state index contributed by atoms with van der Waals surface area (Å²) >= 11 is 1.61. The molecule has 1 fully saturated rings. The highest BCUT2D eigenvalue weighted by molar-refractivity contribution is 7.18. The minimum absolute atomic E-state index is 0.00190. The number of hydrogen-bond donors (Lipinski definition) is 1. The molecule has 0 unspecified atom stereocenters. The number of hydrogen-bond acceptors (Lipinski definition) is 7. The zero-order chi connectivity index (χ0) is 24.8. The number of benzene rings is 2. The van der Waals surface area contributed by atoms with Crippen LogP contribution in [0.5, 0.6) is 5.75 Å². The summed E-state index contributed by atoms with van der Waals surface area (Å²) in [7, 11) is 0. The number of nitrogens with one attached hydrogen (secondary N) is 1. The highest BCUT2D eigenvalue weighted by Gasteiger charge is 2.23. The summed E-state index contributed by atoms with van der Waals surface area (Å²) in [4.78, 5) is 17.9. The van der Waals surface area contributed by atoms with E-state index in [9.17, 15) is 10.1 Å². The van der Waals surface area contributed by atoms with Crippen LogP contribution in [-0.4, -0.2) is 36.3 Å². The van der Waals surface area contributed by atoms with Crippen LogP contribution in [0.3, 0.4) is 0 Å². The summed E-state index contributed by atoms with van der Waals surface area (Å²) in [5.74, 6) is 0.443. The molecular formula is C28H31N3O3S. The standard InChI is InChI=1S/C28H31N3O3S/c1-4-22-19(12-14-33-28(32)24-9-6-13-30-24)7-5-8-23(22)26-17-31-27(35-26)20-10-11-25(34-18(2)3)21(15-20)16-29/h5,7-8,10-11,15,17-18,24,30H,4,6,9,12-14H2,1-3H3/t24-/m1/s1. The third-order valence-electron chi connectivity index (χ3n) is 6.07. The minimum atomic E-state index is -0.157. The van der Waals surface area contributed by atoms with Gasteiger partial charge in [0, 0.05) is 18.2 Å². The lowest BCUT2D eigenvalue weighted by molar-refractivity contribution is -0.145. The Morgan fingerprint density at radius 1 is 1.31 bits per heavy atom. The zero-order valence-corrected chi connectivity index (χ0v) is 21.3. The molecule has 2 aromatic carbocycles. The van der Waals surface area contributed by atoms with Gasteiger partial charge in [-0.05, 0) is 74.5 Å². The number of thiazole rings is 1. The van der Waals surface area contributed by atoms with Crippen LogP contribution in [0.25, 0.3) is 21.0 Å². The van der Waals surface area contributed by atoms with Crippen LogP contribution in [0.1, 0.15) is 50.3 Å². The molecule has 0 saturated carbocycles. The van der Waals surface area contributed by atoms with Crippen LogP contribution in [0, 0.1) is 11.3 Å². The van der Waals surface area contributed by atoms with Crippen molar-refractivity contribution in [2.75, 3.05) is 13.2 Å². The van der Waals surface area contributed by atoms with Crippen molar-refractivity contribution >= 4 is 17.3 Å². The van der Waals surface area contributed by atoms with Crippen molar-refractivity contribution < 1.29 is 14.3 Å². The molecule has 182 valence electrons. The molecule has 1 atom stereocenters. The zero-order valence-electron chi connectivity index (χ0n) is 20.5.